The standard InChI is InChI=1S/C21H23N3O3S/c1-13(2)22-21-24(14(3)4)19(25)18(28-21)12-17-9-6-10-23(17)16-8-5-7-15(11-16)20(26)27/h5-14H,1-4H3,(H,26,27)/b18-12+,22-21?. The van der Waals surface area contributed by atoms with Gasteiger partial charge in [-0.15, -0.1) is 0 Å². The number of aliphatic imine (C=N–C) groups is 1. The minimum atomic E-state index is -0.974. The zero-order chi connectivity index (χ0) is 20.4. The molecule has 7 heteroatoms. The highest BCUT2D eigenvalue weighted by atomic mass is 32.2. The highest BCUT2D eigenvalue weighted by Gasteiger charge is 2.35. The molecule has 146 valence electrons. The molecule has 0 bridgehead atoms. The topological polar surface area (TPSA) is 74.9 Å². The molecule has 0 unspecified atom stereocenters. The lowest BCUT2D eigenvalue weighted by atomic mass is 10.2. The maximum atomic E-state index is 12.9. The number of hydrogen-bond acceptors (Lipinski definition) is 4. The van der Waals surface area contributed by atoms with E-state index in [9.17, 15) is 14.7 Å². The van der Waals surface area contributed by atoms with E-state index in [4.69, 9.17) is 0 Å². The van der Waals surface area contributed by atoms with E-state index in [0.717, 1.165) is 11.4 Å². The van der Waals surface area contributed by atoms with E-state index in [0.29, 0.717) is 10.1 Å². The van der Waals surface area contributed by atoms with E-state index < -0.39 is 5.97 Å². The zero-order valence-electron chi connectivity index (χ0n) is 16.3. The molecule has 1 aromatic heterocycles. The Bertz CT molecular complexity index is 973. The maximum Gasteiger partial charge on any atom is 0.335 e. The predicted molar refractivity (Wildman–Crippen MR) is 113 cm³/mol. The quantitative estimate of drug-likeness (QED) is 0.765. The van der Waals surface area contributed by atoms with Gasteiger partial charge in [-0.3, -0.25) is 14.7 Å². The summed E-state index contributed by atoms with van der Waals surface area (Å²) < 4.78 is 1.87. The van der Waals surface area contributed by atoms with Crippen LogP contribution in [-0.4, -0.2) is 43.7 Å². The first kappa shape index (κ1) is 19.9. The predicted octanol–water partition coefficient (Wildman–Crippen LogP) is 4.26. The van der Waals surface area contributed by atoms with Gasteiger partial charge in [-0.1, -0.05) is 6.07 Å². The van der Waals surface area contributed by atoms with Crippen molar-refractivity contribution >= 4 is 34.9 Å². The summed E-state index contributed by atoms with van der Waals surface area (Å²) in [4.78, 5) is 31.1. The Morgan fingerprint density at radius 2 is 1.93 bits per heavy atom. The Morgan fingerprint density at radius 3 is 2.57 bits per heavy atom. The molecule has 1 fully saturated rings. The van der Waals surface area contributed by atoms with Crippen LogP contribution in [0.2, 0.25) is 0 Å². The summed E-state index contributed by atoms with van der Waals surface area (Å²) in [7, 11) is 0. The largest absolute Gasteiger partial charge is 0.478 e. The molecule has 1 N–H and O–H groups in total. The number of aromatic nitrogens is 1. The summed E-state index contributed by atoms with van der Waals surface area (Å²) in [6, 6.07) is 10.6. The summed E-state index contributed by atoms with van der Waals surface area (Å²) in [5.74, 6) is -1.04. The minimum Gasteiger partial charge on any atom is -0.478 e. The van der Waals surface area contributed by atoms with Gasteiger partial charge in [-0.2, -0.15) is 0 Å². The fourth-order valence-electron chi connectivity index (χ4n) is 2.92. The second-order valence-corrected chi connectivity index (χ2v) is 8.05. The van der Waals surface area contributed by atoms with Crippen molar-refractivity contribution in [3.63, 3.8) is 0 Å². The third kappa shape index (κ3) is 4.04. The summed E-state index contributed by atoms with van der Waals surface area (Å²) in [6.45, 7) is 7.91. The summed E-state index contributed by atoms with van der Waals surface area (Å²) in [5, 5.41) is 9.95. The number of amides is 1. The highest BCUT2D eigenvalue weighted by Crippen LogP contribution is 2.34. The van der Waals surface area contributed by atoms with Crippen molar-refractivity contribution in [2.75, 3.05) is 0 Å². The molecule has 1 saturated heterocycles. The van der Waals surface area contributed by atoms with Crippen molar-refractivity contribution in [3.05, 3.63) is 58.8 Å². The van der Waals surface area contributed by atoms with Gasteiger partial charge in [-0.05, 0) is 75.9 Å². The van der Waals surface area contributed by atoms with Crippen LogP contribution in [0.4, 0.5) is 0 Å². The van der Waals surface area contributed by atoms with E-state index in [1.807, 2.05) is 62.7 Å². The van der Waals surface area contributed by atoms with Crippen molar-refractivity contribution in [2.24, 2.45) is 4.99 Å². The number of carboxylic acids is 1. The molecule has 1 aliphatic rings. The van der Waals surface area contributed by atoms with Gasteiger partial charge in [0.15, 0.2) is 5.17 Å². The molecule has 1 aliphatic heterocycles. The third-order valence-corrected chi connectivity index (χ3v) is 5.15. The van der Waals surface area contributed by atoms with Gasteiger partial charge in [0, 0.05) is 29.7 Å². The van der Waals surface area contributed by atoms with Gasteiger partial charge in [0.2, 0.25) is 0 Å². The van der Waals surface area contributed by atoms with Gasteiger partial charge in [0.05, 0.1) is 10.5 Å². The number of carbonyl (C=O) groups is 2. The van der Waals surface area contributed by atoms with Crippen LogP contribution in [0.1, 0.15) is 43.7 Å². The third-order valence-electron chi connectivity index (χ3n) is 4.15. The van der Waals surface area contributed by atoms with Crippen LogP contribution in [-0.2, 0) is 4.79 Å². The first-order valence-corrected chi connectivity index (χ1v) is 9.91. The number of aromatic carboxylic acids is 1. The zero-order valence-corrected chi connectivity index (χ0v) is 17.1. The Labute approximate surface area is 168 Å². The first-order valence-electron chi connectivity index (χ1n) is 9.10. The lowest BCUT2D eigenvalue weighted by molar-refractivity contribution is -0.123. The molecule has 2 heterocycles. The Balaban J connectivity index is 2.00. The molecule has 0 atom stereocenters. The molecule has 2 aromatic rings. The lowest BCUT2D eigenvalue weighted by Crippen LogP contribution is -2.35. The normalized spacial score (nSPS) is 17.5. The van der Waals surface area contributed by atoms with Gasteiger partial charge < -0.3 is 9.67 Å². The average Bonchev–Trinajstić information content (AvgIpc) is 3.19. The molecule has 1 amide bonds. The lowest BCUT2D eigenvalue weighted by Gasteiger charge is -2.20. The number of amidine groups is 1. The van der Waals surface area contributed by atoms with Crippen molar-refractivity contribution in [1.29, 1.82) is 0 Å². The molecular formula is C21H23N3O3S. The van der Waals surface area contributed by atoms with Crippen LogP contribution in [0.5, 0.6) is 0 Å². The van der Waals surface area contributed by atoms with Gasteiger partial charge >= 0.3 is 5.97 Å². The van der Waals surface area contributed by atoms with Crippen molar-refractivity contribution in [1.82, 2.24) is 9.47 Å². The molecule has 0 radical (unpaired) electrons. The smallest absolute Gasteiger partial charge is 0.335 e. The molecule has 3 rings (SSSR count). The van der Waals surface area contributed by atoms with E-state index >= 15 is 0 Å². The number of thioether (sulfide) groups is 1. The number of benzene rings is 1. The maximum absolute atomic E-state index is 12.9. The first-order chi connectivity index (χ1) is 13.3. The second-order valence-electron chi connectivity index (χ2n) is 7.04. The number of carboxylic acid groups (broad SMARTS) is 1. The fourth-order valence-corrected chi connectivity index (χ4v) is 4.14. The molecule has 6 nitrogen and oxygen atoms in total. The Hall–Kier alpha value is -2.80. The van der Waals surface area contributed by atoms with E-state index in [-0.39, 0.29) is 23.6 Å². The van der Waals surface area contributed by atoms with E-state index in [1.54, 1.807) is 23.1 Å². The summed E-state index contributed by atoms with van der Waals surface area (Å²) in [5.41, 5.74) is 1.74. The van der Waals surface area contributed by atoms with Gasteiger partial charge in [0.25, 0.3) is 5.91 Å². The van der Waals surface area contributed by atoms with Crippen LogP contribution in [0.15, 0.2) is 52.5 Å². The Kier molecular flexibility index (Phi) is 5.74. The summed E-state index contributed by atoms with van der Waals surface area (Å²) >= 11 is 1.37. The van der Waals surface area contributed by atoms with Crippen molar-refractivity contribution in [3.8, 4) is 5.69 Å². The number of carbonyl (C=O) groups excluding carboxylic acids is 1. The van der Waals surface area contributed by atoms with Gasteiger partial charge in [0.1, 0.15) is 0 Å². The average molecular weight is 398 g/mol. The van der Waals surface area contributed by atoms with Gasteiger partial charge in [-0.25, -0.2) is 4.79 Å². The minimum absolute atomic E-state index is 0.0161. The van der Waals surface area contributed by atoms with Crippen LogP contribution < -0.4 is 0 Å². The molecule has 0 spiro atoms. The van der Waals surface area contributed by atoms with Crippen LogP contribution in [0.3, 0.4) is 0 Å². The fraction of sp³-hybridized carbons (Fsp3) is 0.286. The molecule has 0 aliphatic carbocycles. The Morgan fingerprint density at radius 1 is 1.18 bits per heavy atom. The number of nitrogens with zero attached hydrogens (tertiary/aromatic N) is 3. The SMILES string of the molecule is CC(C)N=C1S/C(=C/c2cccn2-c2cccc(C(=O)O)c2)C(=O)N1C(C)C. The van der Waals surface area contributed by atoms with E-state index in [1.165, 1.54) is 11.8 Å². The monoisotopic (exact) mass is 397 g/mol. The van der Waals surface area contributed by atoms with Crippen LogP contribution in [0.25, 0.3) is 11.8 Å². The number of hydrogen-bond donors (Lipinski definition) is 1. The van der Waals surface area contributed by atoms with Crippen molar-refractivity contribution in [2.45, 2.75) is 39.8 Å². The number of rotatable bonds is 5. The molecular weight excluding hydrogens is 374 g/mol. The van der Waals surface area contributed by atoms with Crippen molar-refractivity contribution < 1.29 is 14.7 Å². The van der Waals surface area contributed by atoms with Crippen LogP contribution in [0, 0.1) is 0 Å². The second kappa shape index (κ2) is 8.06. The molecule has 1 aromatic carbocycles. The highest BCUT2D eigenvalue weighted by molar-refractivity contribution is 8.18. The summed E-state index contributed by atoms with van der Waals surface area (Å²) in [6.07, 6.45) is 3.68. The van der Waals surface area contributed by atoms with Crippen LogP contribution >= 0.6 is 11.8 Å². The molecule has 0 saturated carbocycles. The molecule has 28 heavy (non-hydrogen) atoms. The van der Waals surface area contributed by atoms with E-state index in [2.05, 4.69) is 4.99 Å².